The molecule has 2 heterocycles. The fraction of sp³-hybridized carbons (Fsp3) is 0.0455. The van der Waals surface area contributed by atoms with Crippen LogP contribution in [0.15, 0.2) is 72.9 Å². The maximum Gasteiger partial charge on any atom is 0.219 e. The zero-order valence-corrected chi connectivity index (χ0v) is 15.6. The van der Waals surface area contributed by atoms with Crippen LogP contribution in [0.25, 0.3) is 10.9 Å². The lowest BCUT2D eigenvalue weighted by Crippen LogP contribution is -2.08. The first-order chi connectivity index (χ1) is 13.6. The van der Waals surface area contributed by atoms with Gasteiger partial charge in [0.15, 0.2) is 5.78 Å². The number of aromatic nitrogens is 2. The van der Waals surface area contributed by atoms with Crippen molar-refractivity contribution >= 4 is 34.0 Å². The van der Waals surface area contributed by atoms with Gasteiger partial charge in [0.25, 0.3) is 0 Å². The van der Waals surface area contributed by atoms with E-state index in [0.29, 0.717) is 34.0 Å². The largest absolute Gasteiger partial charge is 0.439 e. The highest BCUT2D eigenvalue weighted by Gasteiger charge is 2.16. The smallest absolute Gasteiger partial charge is 0.219 e. The first kappa shape index (κ1) is 17.9. The Morgan fingerprint density at radius 2 is 1.82 bits per heavy atom. The Labute approximate surface area is 166 Å². The molecule has 0 atom stereocenters. The van der Waals surface area contributed by atoms with E-state index in [1.165, 1.54) is 6.20 Å². The maximum atomic E-state index is 13.0. The molecule has 28 heavy (non-hydrogen) atoms. The molecule has 2 N–H and O–H groups in total. The molecule has 0 fully saturated rings. The number of benzene rings is 2. The summed E-state index contributed by atoms with van der Waals surface area (Å²) < 4.78 is 5.80. The van der Waals surface area contributed by atoms with Crippen molar-refractivity contribution in [3.05, 3.63) is 89.2 Å². The number of carbonyl (C=O) groups excluding carboxylic acids is 1. The Kier molecular flexibility index (Phi) is 4.91. The summed E-state index contributed by atoms with van der Waals surface area (Å²) in [6.07, 6.45) is 1.56. The molecule has 2 aromatic heterocycles. The predicted molar refractivity (Wildman–Crippen MR) is 110 cm³/mol. The van der Waals surface area contributed by atoms with Gasteiger partial charge in [-0.15, -0.1) is 0 Å². The lowest BCUT2D eigenvalue weighted by molar-refractivity contribution is 0.0994. The summed E-state index contributed by atoms with van der Waals surface area (Å²) in [6.45, 7) is 0. The lowest BCUT2D eigenvalue weighted by atomic mass is 10.0. The molecule has 0 spiro atoms. The van der Waals surface area contributed by atoms with Gasteiger partial charge in [-0.05, 0) is 30.3 Å². The topological polar surface area (TPSA) is 78.1 Å². The second-order valence-electron chi connectivity index (χ2n) is 6.21. The minimum Gasteiger partial charge on any atom is -0.439 e. The van der Waals surface area contributed by atoms with Crippen LogP contribution in [-0.2, 0) is 6.42 Å². The van der Waals surface area contributed by atoms with Crippen LogP contribution in [0.2, 0.25) is 5.15 Å². The number of ether oxygens (including phenoxy) is 1. The van der Waals surface area contributed by atoms with Gasteiger partial charge >= 0.3 is 0 Å². The third-order valence-electron chi connectivity index (χ3n) is 4.34. The van der Waals surface area contributed by atoms with Gasteiger partial charge in [0, 0.05) is 40.9 Å². The monoisotopic (exact) mass is 389 g/mol. The fourth-order valence-electron chi connectivity index (χ4n) is 2.93. The molecular weight excluding hydrogens is 374 g/mol. The zero-order chi connectivity index (χ0) is 19.5. The number of para-hydroxylation sites is 2. The minimum atomic E-state index is -0.142. The lowest BCUT2D eigenvalue weighted by Gasteiger charge is -2.10. The number of carbonyl (C=O) groups is 1. The van der Waals surface area contributed by atoms with Gasteiger partial charge in [-0.1, -0.05) is 41.9 Å². The van der Waals surface area contributed by atoms with Crippen molar-refractivity contribution in [2.75, 3.05) is 5.73 Å². The van der Waals surface area contributed by atoms with Crippen LogP contribution in [-0.4, -0.2) is 15.8 Å². The molecule has 0 aliphatic carbocycles. The highest BCUT2D eigenvalue weighted by molar-refractivity contribution is 6.30. The summed E-state index contributed by atoms with van der Waals surface area (Å²) in [4.78, 5) is 21.5. The maximum absolute atomic E-state index is 13.0. The number of ketones is 1. The van der Waals surface area contributed by atoms with E-state index in [2.05, 4.69) is 9.97 Å². The minimum absolute atomic E-state index is 0.0447. The first-order valence-corrected chi connectivity index (χ1v) is 9.04. The molecule has 4 rings (SSSR count). The van der Waals surface area contributed by atoms with Crippen LogP contribution in [0.1, 0.15) is 15.9 Å². The van der Waals surface area contributed by atoms with Gasteiger partial charge in [0.05, 0.1) is 5.52 Å². The van der Waals surface area contributed by atoms with Crippen LogP contribution >= 0.6 is 11.6 Å². The van der Waals surface area contributed by atoms with E-state index >= 15 is 0 Å². The molecule has 5 nitrogen and oxygen atoms in total. The standard InChI is InChI=1S/C22H16ClN3O2/c23-22-17(18(24)11-12-25-22)13-19(27)16-8-4-5-14-9-10-20(26-21(14)16)28-15-6-2-1-3-7-15/h1-12H,13H2,(H2,24,25). The SMILES string of the molecule is Nc1ccnc(Cl)c1CC(=O)c1cccc2ccc(Oc3ccccc3)nc12. The molecule has 0 amide bonds. The van der Waals surface area contributed by atoms with E-state index in [-0.39, 0.29) is 17.4 Å². The van der Waals surface area contributed by atoms with Crippen molar-refractivity contribution in [2.45, 2.75) is 6.42 Å². The van der Waals surface area contributed by atoms with Gasteiger partial charge in [-0.2, -0.15) is 0 Å². The quantitative estimate of drug-likeness (QED) is 0.380. The van der Waals surface area contributed by atoms with E-state index in [1.54, 1.807) is 18.2 Å². The second-order valence-corrected chi connectivity index (χ2v) is 6.57. The van der Waals surface area contributed by atoms with E-state index < -0.39 is 0 Å². The molecule has 2 aromatic carbocycles. The number of fused-ring (bicyclic) bond motifs is 1. The normalized spacial score (nSPS) is 10.8. The van der Waals surface area contributed by atoms with Crippen LogP contribution in [0.5, 0.6) is 11.6 Å². The highest BCUT2D eigenvalue weighted by atomic mass is 35.5. The number of hydrogen-bond donors (Lipinski definition) is 1. The Balaban J connectivity index is 1.70. The third-order valence-corrected chi connectivity index (χ3v) is 4.66. The molecule has 0 unspecified atom stereocenters. The third kappa shape index (κ3) is 3.66. The predicted octanol–water partition coefficient (Wildman–Crippen LogP) is 5.08. The molecule has 0 saturated heterocycles. The molecule has 0 radical (unpaired) electrons. The van der Waals surface area contributed by atoms with Crippen molar-refractivity contribution < 1.29 is 9.53 Å². The summed E-state index contributed by atoms with van der Waals surface area (Å²) in [5, 5.41) is 1.08. The number of hydrogen-bond acceptors (Lipinski definition) is 5. The number of nitrogens with two attached hydrogens (primary N) is 1. The number of anilines is 1. The van der Waals surface area contributed by atoms with Gasteiger partial charge in [-0.3, -0.25) is 4.79 Å². The molecular formula is C22H16ClN3O2. The van der Waals surface area contributed by atoms with Crippen molar-refractivity contribution in [1.29, 1.82) is 0 Å². The van der Waals surface area contributed by atoms with E-state index in [4.69, 9.17) is 22.1 Å². The van der Waals surface area contributed by atoms with Gasteiger partial charge < -0.3 is 10.5 Å². The summed E-state index contributed by atoms with van der Waals surface area (Å²) in [6, 6.07) is 20.1. The Hall–Kier alpha value is -3.44. The highest BCUT2D eigenvalue weighted by Crippen LogP contribution is 2.26. The molecule has 0 aliphatic rings. The summed E-state index contributed by atoms with van der Waals surface area (Å²) in [7, 11) is 0. The Bertz CT molecular complexity index is 1140. The van der Waals surface area contributed by atoms with Crippen LogP contribution in [0, 0.1) is 0 Å². The number of nitrogens with zero attached hydrogens (tertiary/aromatic N) is 2. The number of nitrogen functional groups attached to an aromatic ring is 1. The first-order valence-electron chi connectivity index (χ1n) is 8.66. The van der Waals surface area contributed by atoms with Crippen LogP contribution in [0.4, 0.5) is 5.69 Å². The molecule has 0 saturated carbocycles. The Morgan fingerprint density at radius 1 is 1.00 bits per heavy atom. The molecule has 0 bridgehead atoms. The number of Topliss-reactive ketones (excluding diaryl/α,β-unsaturated/α-hetero) is 1. The van der Waals surface area contributed by atoms with Crippen LogP contribution in [0.3, 0.4) is 0 Å². The molecule has 0 aliphatic heterocycles. The van der Waals surface area contributed by atoms with Crippen LogP contribution < -0.4 is 10.5 Å². The number of halogens is 1. The summed E-state index contributed by atoms with van der Waals surface area (Å²) in [5.41, 5.74) is 7.96. The zero-order valence-electron chi connectivity index (χ0n) is 14.8. The Morgan fingerprint density at radius 3 is 2.61 bits per heavy atom. The average molecular weight is 390 g/mol. The second kappa shape index (κ2) is 7.66. The number of rotatable bonds is 5. The summed E-state index contributed by atoms with van der Waals surface area (Å²) >= 11 is 6.12. The molecule has 138 valence electrons. The van der Waals surface area contributed by atoms with Crippen molar-refractivity contribution in [3.8, 4) is 11.6 Å². The van der Waals surface area contributed by atoms with Crippen molar-refractivity contribution in [3.63, 3.8) is 0 Å². The average Bonchev–Trinajstić information content (AvgIpc) is 2.71. The van der Waals surface area contributed by atoms with E-state index in [0.717, 1.165) is 5.39 Å². The van der Waals surface area contributed by atoms with E-state index in [1.807, 2.05) is 48.5 Å². The van der Waals surface area contributed by atoms with E-state index in [9.17, 15) is 4.79 Å². The van der Waals surface area contributed by atoms with Gasteiger partial charge in [0.1, 0.15) is 10.9 Å². The fourth-order valence-corrected chi connectivity index (χ4v) is 3.16. The van der Waals surface area contributed by atoms with Gasteiger partial charge in [0.2, 0.25) is 5.88 Å². The molecule has 4 aromatic rings. The van der Waals surface area contributed by atoms with Gasteiger partial charge in [-0.25, -0.2) is 9.97 Å². The summed E-state index contributed by atoms with van der Waals surface area (Å²) in [5.74, 6) is 0.947. The molecule has 6 heteroatoms. The number of pyridine rings is 2. The van der Waals surface area contributed by atoms with Crippen molar-refractivity contribution in [1.82, 2.24) is 9.97 Å². The van der Waals surface area contributed by atoms with Crippen molar-refractivity contribution in [2.24, 2.45) is 0 Å².